The molecule has 1 amide bonds. The van der Waals surface area contributed by atoms with E-state index in [1.807, 2.05) is 39.0 Å². The largest absolute Gasteiger partial charge is 0.476 e. The molecule has 2 aromatic rings. The number of benzene rings is 2. The summed E-state index contributed by atoms with van der Waals surface area (Å²) in [7, 11) is -3.60. The fourth-order valence-corrected chi connectivity index (χ4v) is 4.17. The van der Waals surface area contributed by atoms with Crippen molar-refractivity contribution < 1.29 is 17.9 Å². The van der Waals surface area contributed by atoms with E-state index < -0.39 is 16.1 Å². The molecule has 2 atom stereocenters. The van der Waals surface area contributed by atoms with Crippen LogP contribution < -0.4 is 14.4 Å². The van der Waals surface area contributed by atoms with E-state index in [1.165, 1.54) is 11.6 Å². The summed E-state index contributed by atoms with van der Waals surface area (Å²) in [5.41, 5.74) is 3.62. The van der Waals surface area contributed by atoms with Crippen LogP contribution in [0, 0.1) is 13.8 Å². The number of fused-ring (bicyclic) bond motifs is 1. The van der Waals surface area contributed by atoms with Gasteiger partial charge in [-0.05, 0) is 55.7 Å². The summed E-state index contributed by atoms with van der Waals surface area (Å²) < 4.78 is 31.4. The zero-order valence-electron chi connectivity index (χ0n) is 16.2. The Morgan fingerprint density at radius 1 is 1.21 bits per heavy atom. The van der Waals surface area contributed by atoms with E-state index in [1.54, 1.807) is 12.1 Å². The van der Waals surface area contributed by atoms with Gasteiger partial charge in [0.25, 0.3) is 5.91 Å². The maximum Gasteiger partial charge on any atom is 0.263 e. The second-order valence-electron chi connectivity index (χ2n) is 7.09. The number of amides is 1. The van der Waals surface area contributed by atoms with Gasteiger partial charge in [-0.15, -0.1) is 0 Å². The first-order valence-corrected chi connectivity index (χ1v) is 11.1. The third kappa shape index (κ3) is 4.25. The van der Waals surface area contributed by atoms with E-state index in [2.05, 4.69) is 5.32 Å². The highest BCUT2D eigenvalue weighted by Gasteiger charge is 2.35. The zero-order chi connectivity index (χ0) is 20.6. The molecular formula is C20H23ClN2O4S. The van der Waals surface area contributed by atoms with Gasteiger partial charge in [-0.2, -0.15) is 0 Å². The number of rotatable bonds is 4. The molecule has 0 unspecified atom stereocenters. The smallest absolute Gasteiger partial charge is 0.263 e. The van der Waals surface area contributed by atoms with E-state index in [0.29, 0.717) is 16.5 Å². The molecule has 1 heterocycles. The summed E-state index contributed by atoms with van der Waals surface area (Å²) in [5.74, 6) is -0.0694. The SMILES string of the molecule is Cc1ccc([C@H](C)NC(=O)[C@@H]2CN(S(C)(=O)=O)c3cc(Cl)ccc3O2)cc1C. The monoisotopic (exact) mass is 422 g/mol. The van der Waals surface area contributed by atoms with Crippen LogP contribution in [-0.4, -0.2) is 33.2 Å². The molecule has 0 radical (unpaired) electrons. The average Bonchev–Trinajstić information content (AvgIpc) is 2.62. The first kappa shape index (κ1) is 20.5. The predicted octanol–water partition coefficient (Wildman–Crippen LogP) is 3.36. The molecule has 0 aliphatic carbocycles. The Morgan fingerprint density at radius 2 is 1.93 bits per heavy atom. The van der Waals surface area contributed by atoms with Crippen molar-refractivity contribution in [1.82, 2.24) is 5.32 Å². The minimum Gasteiger partial charge on any atom is -0.476 e. The van der Waals surface area contributed by atoms with Crippen LogP contribution in [0.4, 0.5) is 5.69 Å². The topological polar surface area (TPSA) is 75.7 Å². The summed E-state index contributed by atoms with van der Waals surface area (Å²) >= 11 is 6.00. The summed E-state index contributed by atoms with van der Waals surface area (Å²) in [5, 5.41) is 3.31. The number of aryl methyl sites for hydroxylation is 2. The number of carbonyl (C=O) groups excluding carboxylic acids is 1. The number of hydrogen-bond acceptors (Lipinski definition) is 4. The number of nitrogens with zero attached hydrogens (tertiary/aromatic N) is 1. The Bertz CT molecular complexity index is 1020. The Labute approximate surface area is 170 Å². The minimum atomic E-state index is -3.60. The molecule has 0 bridgehead atoms. The maximum absolute atomic E-state index is 12.8. The Morgan fingerprint density at radius 3 is 2.57 bits per heavy atom. The van der Waals surface area contributed by atoms with Gasteiger partial charge < -0.3 is 10.1 Å². The van der Waals surface area contributed by atoms with Gasteiger partial charge in [0.05, 0.1) is 24.5 Å². The van der Waals surface area contributed by atoms with Crippen LogP contribution in [0.1, 0.15) is 29.7 Å². The number of hydrogen-bond donors (Lipinski definition) is 1. The van der Waals surface area contributed by atoms with E-state index in [4.69, 9.17) is 16.3 Å². The number of halogens is 1. The average molecular weight is 423 g/mol. The zero-order valence-corrected chi connectivity index (χ0v) is 17.8. The van der Waals surface area contributed by atoms with Gasteiger partial charge in [0.15, 0.2) is 6.10 Å². The molecule has 1 aliphatic heterocycles. The Balaban J connectivity index is 1.82. The normalized spacial score (nSPS) is 17.5. The fourth-order valence-electron chi connectivity index (χ4n) is 3.10. The van der Waals surface area contributed by atoms with Crippen molar-refractivity contribution in [3.05, 3.63) is 58.1 Å². The van der Waals surface area contributed by atoms with Gasteiger partial charge in [0.1, 0.15) is 5.75 Å². The standard InChI is InChI=1S/C20H23ClN2O4S/c1-12-5-6-15(9-13(12)2)14(3)22-20(24)19-11-23(28(4,25)26)17-10-16(21)7-8-18(17)27-19/h5-10,14,19H,11H2,1-4H3,(H,22,24)/t14-,19-/m0/s1. The highest BCUT2D eigenvalue weighted by Crippen LogP contribution is 2.37. The van der Waals surface area contributed by atoms with Crippen LogP contribution in [-0.2, 0) is 14.8 Å². The van der Waals surface area contributed by atoms with Gasteiger partial charge in [0, 0.05) is 5.02 Å². The van der Waals surface area contributed by atoms with Crippen LogP contribution in [0.2, 0.25) is 5.02 Å². The number of ether oxygens (including phenoxy) is 1. The number of sulfonamides is 1. The van der Waals surface area contributed by atoms with Crippen molar-refractivity contribution in [2.75, 3.05) is 17.1 Å². The molecule has 0 aromatic heterocycles. The minimum absolute atomic E-state index is 0.113. The third-order valence-electron chi connectivity index (χ3n) is 4.87. The molecule has 0 fully saturated rings. The van der Waals surface area contributed by atoms with E-state index in [-0.39, 0.29) is 18.5 Å². The van der Waals surface area contributed by atoms with Gasteiger partial charge >= 0.3 is 0 Å². The number of anilines is 1. The molecule has 1 aliphatic rings. The van der Waals surface area contributed by atoms with E-state index >= 15 is 0 Å². The van der Waals surface area contributed by atoms with Crippen molar-refractivity contribution in [2.45, 2.75) is 32.9 Å². The Kier molecular flexibility index (Phi) is 5.59. The van der Waals surface area contributed by atoms with Crippen molar-refractivity contribution >= 4 is 33.2 Å². The highest BCUT2D eigenvalue weighted by atomic mass is 35.5. The molecule has 150 valence electrons. The molecule has 0 saturated heterocycles. The first-order valence-electron chi connectivity index (χ1n) is 8.87. The summed E-state index contributed by atoms with van der Waals surface area (Å²) in [4.78, 5) is 12.8. The summed E-state index contributed by atoms with van der Waals surface area (Å²) in [6.45, 7) is 5.82. The van der Waals surface area contributed by atoms with Crippen LogP contribution in [0.25, 0.3) is 0 Å². The molecule has 2 aromatic carbocycles. The number of carbonyl (C=O) groups is 1. The molecule has 0 saturated carbocycles. The van der Waals surface area contributed by atoms with E-state index in [9.17, 15) is 13.2 Å². The molecule has 1 N–H and O–H groups in total. The summed E-state index contributed by atoms with van der Waals surface area (Å²) in [6, 6.07) is 10.5. The molecule has 3 rings (SSSR count). The highest BCUT2D eigenvalue weighted by molar-refractivity contribution is 7.92. The second kappa shape index (κ2) is 7.64. The van der Waals surface area contributed by atoms with Gasteiger partial charge in [0.2, 0.25) is 10.0 Å². The lowest BCUT2D eigenvalue weighted by molar-refractivity contribution is -0.128. The van der Waals surface area contributed by atoms with Crippen LogP contribution in [0.15, 0.2) is 36.4 Å². The molecule has 28 heavy (non-hydrogen) atoms. The van der Waals surface area contributed by atoms with Crippen molar-refractivity contribution in [1.29, 1.82) is 0 Å². The lowest BCUT2D eigenvalue weighted by atomic mass is 10.0. The van der Waals surface area contributed by atoms with Gasteiger partial charge in [-0.25, -0.2) is 8.42 Å². The fraction of sp³-hybridized carbons (Fsp3) is 0.350. The van der Waals surface area contributed by atoms with Gasteiger partial charge in [-0.1, -0.05) is 29.8 Å². The third-order valence-corrected chi connectivity index (χ3v) is 6.25. The molecule has 6 nitrogen and oxygen atoms in total. The molecular weight excluding hydrogens is 400 g/mol. The second-order valence-corrected chi connectivity index (χ2v) is 9.43. The Hall–Kier alpha value is -2.25. The lowest BCUT2D eigenvalue weighted by Gasteiger charge is -2.34. The van der Waals surface area contributed by atoms with Crippen LogP contribution in [0.5, 0.6) is 5.75 Å². The van der Waals surface area contributed by atoms with Gasteiger partial charge in [-0.3, -0.25) is 9.10 Å². The van der Waals surface area contributed by atoms with E-state index in [0.717, 1.165) is 21.7 Å². The first-order chi connectivity index (χ1) is 13.1. The van der Waals surface area contributed by atoms with Crippen LogP contribution in [0.3, 0.4) is 0 Å². The quantitative estimate of drug-likeness (QED) is 0.819. The van der Waals surface area contributed by atoms with Crippen molar-refractivity contribution in [2.24, 2.45) is 0 Å². The van der Waals surface area contributed by atoms with Crippen LogP contribution >= 0.6 is 11.6 Å². The number of nitrogens with one attached hydrogen (secondary N) is 1. The lowest BCUT2D eigenvalue weighted by Crippen LogP contribution is -2.50. The van der Waals surface area contributed by atoms with Crippen molar-refractivity contribution in [3.8, 4) is 5.75 Å². The maximum atomic E-state index is 12.8. The predicted molar refractivity (Wildman–Crippen MR) is 111 cm³/mol. The molecule has 0 spiro atoms. The molecule has 8 heteroatoms. The van der Waals surface area contributed by atoms with Crippen molar-refractivity contribution in [3.63, 3.8) is 0 Å². The summed E-state index contributed by atoms with van der Waals surface area (Å²) in [6.07, 6.45) is 0.132.